The van der Waals surface area contributed by atoms with E-state index in [0.717, 1.165) is 37.2 Å². The van der Waals surface area contributed by atoms with Crippen LogP contribution in [0.5, 0.6) is 0 Å². The molecule has 4 atom stereocenters. The third kappa shape index (κ3) is 5.71. The molecule has 0 nitrogen and oxygen atoms in total. The summed E-state index contributed by atoms with van der Waals surface area (Å²) in [7, 11) is 0. The Hall–Kier alpha value is -1.77. The smallest absolute Gasteiger partial charge is 0.140 e. The van der Waals surface area contributed by atoms with Crippen molar-refractivity contribution >= 4 is 10.8 Å². The number of benzene rings is 2. The molecule has 0 aliphatic heterocycles. The number of aryl methyl sites for hydroxylation is 1. The Labute approximate surface area is 204 Å². The third-order valence-corrected chi connectivity index (χ3v) is 8.61. The Balaban J connectivity index is 1.47. The lowest BCUT2D eigenvalue weighted by Gasteiger charge is -2.42. The topological polar surface area (TPSA) is 0 Å². The molecule has 0 aromatic heterocycles. The zero-order chi connectivity index (χ0) is 24.1. The van der Waals surface area contributed by atoms with Crippen LogP contribution in [0.4, 0.5) is 13.2 Å². The van der Waals surface area contributed by atoms with E-state index in [1.54, 1.807) is 6.07 Å². The number of rotatable bonds is 9. The van der Waals surface area contributed by atoms with Crippen molar-refractivity contribution in [2.24, 2.45) is 17.8 Å². The molecular formula is C31H41F3. The maximum absolute atomic E-state index is 15.6. The second-order valence-electron chi connectivity index (χ2n) is 10.9. The lowest BCUT2D eigenvalue weighted by Crippen LogP contribution is -2.31. The largest absolute Gasteiger partial charge is 0.207 e. The molecule has 3 heteroatoms. The molecule has 186 valence electrons. The number of hydrogen-bond acceptors (Lipinski definition) is 0. The fraction of sp³-hybridized carbons (Fsp3) is 0.613. The quantitative estimate of drug-likeness (QED) is 0.253. The third-order valence-electron chi connectivity index (χ3n) is 8.61. The van der Waals surface area contributed by atoms with Gasteiger partial charge in [-0.25, -0.2) is 13.2 Å². The van der Waals surface area contributed by atoms with E-state index in [4.69, 9.17) is 0 Å². The fourth-order valence-electron chi connectivity index (χ4n) is 6.79. The van der Waals surface area contributed by atoms with Gasteiger partial charge >= 0.3 is 0 Å². The average molecular weight is 471 g/mol. The maximum Gasteiger partial charge on any atom is 0.140 e. The molecule has 2 aliphatic rings. The minimum Gasteiger partial charge on any atom is -0.207 e. The van der Waals surface area contributed by atoms with E-state index in [1.165, 1.54) is 63.5 Å². The first-order valence-electron chi connectivity index (χ1n) is 13.7. The molecule has 0 spiro atoms. The monoisotopic (exact) mass is 470 g/mol. The van der Waals surface area contributed by atoms with Gasteiger partial charge in [-0.3, -0.25) is 0 Å². The number of allylic oxidation sites excluding steroid dienone is 2. The van der Waals surface area contributed by atoms with Gasteiger partial charge in [0.1, 0.15) is 17.5 Å². The summed E-state index contributed by atoms with van der Waals surface area (Å²) in [4.78, 5) is 0. The number of fused-ring (bicyclic) bond motifs is 2. The molecule has 2 fully saturated rings. The van der Waals surface area contributed by atoms with Gasteiger partial charge in [-0.05, 0) is 98.6 Å². The number of unbranched alkanes of at least 4 members (excludes halogenated alkanes) is 3. The summed E-state index contributed by atoms with van der Waals surface area (Å²) in [5.74, 6) is 0.219. The van der Waals surface area contributed by atoms with Crippen LogP contribution in [-0.4, -0.2) is 0 Å². The van der Waals surface area contributed by atoms with E-state index in [0.29, 0.717) is 23.6 Å². The normalized spacial score (nSPS) is 25.2. The predicted octanol–water partition coefficient (Wildman–Crippen LogP) is 10.0. The van der Waals surface area contributed by atoms with E-state index in [1.807, 2.05) is 19.1 Å². The van der Waals surface area contributed by atoms with Crippen LogP contribution in [0.1, 0.15) is 108 Å². The van der Waals surface area contributed by atoms with Crippen molar-refractivity contribution in [3.63, 3.8) is 0 Å². The number of hydrogen-bond donors (Lipinski definition) is 0. The zero-order valence-corrected chi connectivity index (χ0v) is 21.0. The first-order valence-corrected chi connectivity index (χ1v) is 13.7. The van der Waals surface area contributed by atoms with Crippen LogP contribution in [-0.2, 0) is 6.42 Å². The maximum atomic E-state index is 15.6. The van der Waals surface area contributed by atoms with Crippen LogP contribution < -0.4 is 0 Å². The van der Waals surface area contributed by atoms with Crippen molar-refractivity contribution in [3.8, 4) is 0 Å². The van der Waals surface area contributed by atoms with Gasteiger partial charge in [-0.1, -0.05) is 63.7 Å². The van der Waals surface area contributed by atoms with Crippen LogP contribution >= 0.6 is 0 Å². The second kappa shape index (κ2) is 11.8. The van der Waals surface area contributed by atoms with Crippen molar-refractivity contribution < 1.29 is 13.2 Å². The van der Waals surface area contributed by atoms with Crippen LogP contribution in [0.3, 0.4) is 0 Å². The first-order chi connectivity index (χ1) is 16.5. The van der Waals surface area contributed by atoms with Crippen molar-refractivity contribution in [1.82, 2.24) is 0 Å². The summed E-state index contributed by atoms with van der Waals surface area (Å²) in [6.45, 7) is 4.20. The van der Waals surface area contributed by atoms with Gasteiger partial charge in [0.25, 0.3) is 0 Å². The molecule has 0 radical (unpaired) electrons. The van der Waals surface area contributed by atoms with Gasteiger partial charge in [0.2, 0.25) is 0 Å². The van der Waals surface area contributed by atoms with E-state index in [9.17, 15) is 4.39 Å². The van der Waals surface area contributed by atoms with E-state index in [-0.39, 0.29) is 16.9 Å². The molecule has 0 heterocycles. The minimum atomic E-state index is -0.666. The first kappa shape index (κ1) is 25.3. The molecule has 2 aliphatic carbocycles. The number of halogens is 3. The summed E-state index contributed by atoms with van der Waals surface area (Å²) < 4.78 is 45.8. The molecular weight excluding hydrogens is 429 g/mol. The summed E-state index contributed by atoms with van der Waals surface area (Å²) in [5, 5.41) is 0.301. The van der Waals surface area contributed by atoms with Crippen molar-refractivity contribution in [3.05, 3.63) is 58.9 Å². The molecule has 2 unspecified atom stereocenters. The van der Waals surface area contributed by atoms with Crippen LogP contribution in [0.25, 0.3) is 10.8 Å². The summed E-state index contributed by atoms with van der Waals surface area (Å²) >= 11 is 0. The zero-order valence-electron chi connectivity index (χ0n) is 21.0. The van der Waals surface area contributed by atoms with Gasteiger partial charge < -0.3 is 0 Å². The highest BCUT2D eigenvalue weighted by molar-refractivity contribution is 5.85. The van der Waals surface area contributed by atoms with Crippen LogP contribution in [0.2, 0.25) is 0 Å². The predicted molar refractivity (Wildman–Crippen MR) is 137 cm³/mol. The lowest BCUT2D eigenvalue weighted by molar-refractivity contribution is 0.111. The highest BCUT2D eigenvalue weighted by atomic mass is 19.1. The van der Waals surface area contributed by atoms with Crippen molar-refractivity contribution in [1.29, 1.82) is 0 Å². The summed E-state index contributed by atoms with van der Waals surface area (Å²) in [6.07, 6.45) is 18.5. The highest BCUT2D eigenvalue weighted by Crippen LogP contribution is 2.49. The Morgan fingerprint density at radius 2 is 1.68 bits per heavy atom. The van der Waals surface area contributed by atoms with E-state index in [2.05, 4.69) is 6.92 Å². The Morgan fingerprint density at radius 3 is 2.47 bits per heavy atom. The molecule has 0 amide bonds. The Bertz CT molecular complexity index is 992. The molecule has 0 N–H and O–H groups in total. The van der Waals surface area contributed by atoms with Crippen LogP contribution in [0, 0.1) is 35.2 Å². The molecule has 2 aromatic rings. The van der Waals surface area contributed by atoms with Gasteiger partial charge in [-0.2, -0.15) is 0 Å². The Morgan fingerprint density at radius 1 is 0.882 bits per heavy atom. The average Bonchev–Trinajstić information content (AvgIpc) is 2.81. The fourth-order valence-corrected chi connectivity index (χ4v) is 6.79. The molecule has 4 rings (SSSR count). The molecule has 0 saturated heterocycles. The SMILES string of the molecule is C/C=C/CCc1cc(F)c2c(F)c([C@@H]3CC[C@@H]4CC(CCCCCC)CCC4C3)c(F)cc2c1. The summed E-state index contributed by atoms with van der Waals surface area (Å²) in [5.41, 5.74) is 0.912. The van der Waals surface area contributed by atoms with E-state index < -0.39 is 17.5 Å². The standard InChI is InChI=1S/C31H41F3/c1-3-5-7-9-10-21-12-13-24-19-25(15-14-23(24)16-21)29-28(33)20-26-17-22(11-8-6-4-2)18-27(32)30(26)31(29)34/h4,6,17-18,20-21,23-25H,3,5,7-16,19H2,1-2H3/b6-4+/t21?,23-,24?,25-/m1/s1. The second-order valence-corrected chi connectivity index (χ2v) is 10.9. The van der Waals surface area contributed by atoms with Gasteiger partial charge in [0, 0.05) is 5.56 Å². The van der Waals surface area contributed by atoms with Crippen molar-refractivity contribution in [2.45, 2.75) is 103 Å². The molecule has 0 bridgehead atoms. The molecule has 34 heavy (non-hydrogen) atoms. The highest BCUT2D eigenvalue weighted by Gasteiger charge is 2.37. The van der Waals surface area contributed by atoms with Crippen LogP contribution in [0.15, 0.2) is 30.4 Å². The van der Waals surface area contributed by atoms with E-state index >= 15 is 8.78 Å². The van der Waals surface area contributed by atoms with Gasteiger partial charge in [-0.15, -0.1) is 0 Å². The van der Waals surface area contributed by atoms with Gasteiger partial charge in [0.15, 0.2) is 0 Å². The Kier molecular flexibility index (Phi) is 8.77. The minimum absolute atomic E-state index is 0.0379. The van der Waals surface area contributed by atoms with Crippen molar-refractivity contribution in [2.75, 3.05) is 0 Å². The molecule has 2 saturated carbocycles. The molecule has 2 aromatic carbocycles. The summed E-state index contributed by atoms with van der Waals surface area (Å²) in [6, 6.07) is 4.54. The lowest BCUT2D eigenvalue weighted by atomic mass is 9.63. The van der Waals surface area contributed by atoms with Gasteiger partial charge in [0.05, 0.1) is 5.39 Å².